The van der Waals surface area contributed by atoms with Gasteiger partial charge in [0.25, 0.3) is 0 Å². The molecule has 2 aliphatic rings. The summed E-state index contributed by atoms with van der Waals surface area (Å²) in [6.45, 7) is 3.34. The van der Waals surface area contributed by atoms with Crippen molar-refractivity contribution < 1.29 is 9.84 Å². The molecule has 0 bridgehead atoms. The van der Waals surface area contributed by atoms with Crippen LogP contribution in [-0.4, -0.2) is 53.9 Å². The molecule has 104 valence electrons. The third kappa shape index (κ3) is 3.13. The molecular formula is C12H24N4O2. The van der Waals surface area contributed by atoms with Gasteiger partial charge in [-0.2, -0.15) is 0 Å². The summed E-state index contributed by atoms with van der Waals surface area (Å²) < 4.78 is 5.52. The number of guanidine groups is 1. The predicted octanol–water partition coefficient (Wildman–Crippen LogP) is -0.170. The molecule has 0 aromatic rings. The second kappa shape index (κ2) is 6.36. The number of nitrogens with one attached hydrogen (secondary N) is 1. The van der Waals surface area contributed by atoms with Crippen LogP contribution in [0.5, 0.6) is 0 Å². The molecule has 18 heavy (non-hydrogen) atoms. The number of aliphatic imine (C=N–C) groups is 1. The van der Waals surface area contributed by atoms with Gasteiger partial charge in [-0.25, -0.2) is 10.8 Å². The zero-order chi connectivity index (χ0) is 13.0. The molecule has 1 saturated heterocycles. The van der Waals surface area contributed by atoms with E-state index < -0.39 is 0 Å². The van der Waals surface area contributed by atoms with Gasteiger partial charge in [0.1, 0.15) is 0 Å². The maximum atomic E-state index is 9.19. The monoisotopic (exact) mass is 256 g/mol. The van der Waals surface area contributed by atoms with Crippen LogP contribution >= 0.6 is 0 Å². The fourth-order valence-electron chi connectivity index (χ4n) is 2.62. The number of morpholine rings is 1. The number of aliphatic hydroxyl groups is 1. The highest BCUT2D eigenvalue weighted by Crippen LogP contribution is 2.22. The van der Waals surface area contributed by atoms with Crippen molar-refractivity contribution in [2.24, 2.45) is 10.8 Å². The number of hydrogen-bond donors (Lipinski definition) is 3. The van der Waals surface area contributed by atoms with Gasteiger partial charge >= 0.3 is 0 Å². The highest BCUT2D eigenvalue weighted by molar-refractivity contribution is 5.80. The van der Waals surface area contributed by atoms with Crippen LogP contribution in [0.15, 0.2) is 4.99 Å². The van der Waals surface area contributed by atoms with E-state index in [-0.39, 0.29) is 18.8 Å². The van der Waals surface area contributed by atoms with E-state index >= 15 is 0 Å². The van der Waals surface area contributed by atoms with Crippen molar-refractivity contribution in [3.63, 3.8) is 0 Å². The molecule has 1 aliphatic carbocycles. The summed E-state index contributed by atoms with van der Waals surface area (Å²) in [5.74, 6) is 6.34. The van der Waals surface area contributed by atoms with E-state index in [9.17, 15) is 5.11 Å². The summed E-state index contributed by atoms with van der Waals surface area (Å²) in [6, 6.07) is 0.614. The Hall–Kier alpha value is -0.850. The van der Waals surface area contributed by atoms with Crippen LogP contribution in [0.1, 0.15) is 32.6 Å². The summed E-state index contributed by atoms with van der Waals surface area (Å²) in [7, 11) is 0. The van der Waals surface area contributed by atoms with Crippen molar-refractivity contribution in [3.8, 4) is 0 Å². The Morgan fingerprint density at radius 3 is 2.83 bits per heavy atom. The first-order chi connectivity index (χ1) is 8.74. The number of nitrogens with zero attached hydrogens (tertiary/aromatic N) is 2. The molecule has 6 heteroatoms. The van der Waals surface area contributed by atoms with Gasteiger partial charge in [0.2, 0.25) is 5.96 Å². The molecule has 0 radical (unpaired) electrons. The fourth-order valence-corrected chi connectivity index (χ4v) is 2.62. The topological polar surface area (TPSA) is 83.1 Å². The van der Waals surface area contributed by atoms with Crippen LogP contribution in [0.2, 0.25) is 0 Å². The molecule has 6 nitrogen and oxygen atoms in total. The fraction of sp³-hybridized carbons (Fsp3) is 0.917. The van der Waals surface area contributed by atoms with Crippen molar-refractivity contribution in [2.75, 3.05) is 19.8 Å². The number of rotatable bonds is 2. The zero-order valence-corrected chi connectivity index (χ0v) is 11.0. The van der Waals surface area contributed by atoms with E-state index in [4.69, 9.17) is 15.6 Å². The number of hydrogen-bond acceptors (Lipinski definition) is 4. The van der Waals surface area contributed by atoms with Gasteiger partial charge in [-0.15, -0.1) is 0 Å². The molecule has 2 rings (SSSR count). The van der Waals surface area contributed by atoms with Gasteiger partial charge in [-0.3, -0.25) is 5.43 Å². The van der Waals surface area contributed by atoms with Gasteiger partial charge in [0, 0.05) is 6.54 Å². The lowest BCUT2D eigenvalue weighted by atomic mass is 10.2. The normalized spacial score (nSPS) is 30.8. The third-order valence-electron chi connectivity index (χ3n) is 3.74. The van der Waals surface area contributed by atoms with Crippen molar-refractivity contribution in [2.45, 2.75) is 50.8 Å². The molecule has 1 saturated carbocycles. The largest absolute Gasteiger partial charge is 0.394 e. The summed E-state index contributed by atoms with van der Waals surface area (Å²) in [4.78, 5) is 6.81. The first-order valence-corrected chi connectivity index (χ1v) is 6.78. The molecule has 0 aromatic heterocycles. The molecule has 0 aromatic carbocycles. The smallest absolute Gasteiger partial charge is 0.209 e. The van der Waals surface area contributed by atoms with Crippen LogP contribution in [0, 0.1) is 0 Å². The SMILES string of the molecule is CC1COC(CO)CN1C(=NC1CCCC1)NN. The Bertz CT molecular complexity index is 292. The van der Waals surface area contributed by atoms with Crippen LogP contribution in [0.25, 0.3) is 0 Å². The van der Waals surface area contributed by atoms with Crippen molar-refractivity contribution in [1.82, 2.24) is 10.3 Å². The number of nitrogens with two attached hydrogens (primary N) is 1. The molecule has 0 spiro atoms. The maximum absolute atomic E-state index is 9.19. The molecule has 2 fully saturated rings. The Morgan fingerprint density at radius 2 is 2.22 bits per heavy atom. The van der Waals surface area contributed by atoms with Crippen LogP contribution < -0.4 is 11.3 Å². The number of ether oxygens (including phenoxy) is 1. The van der Waals surface area contributed by atoms with Crippen molar-refractivity contribution in [3.05, 3.63) is 0 Å². The minimum atomic E-state index is -0.150. The van der Waals surface area contributed by atoms with E-state index in [0.29, 0.717) is 19.2 Å². The van der Waals surface area contributed by atoms with Gasteiger partial charge in [-0.1, -0.05) is 12.8 Å². The minimum absolute atomic E-state index is 0.0322. The quantitative estimate of drug-likeness (QED) is 0.276. The average molecular weight is 256 g/mol. The first kappa shape index (κ1) is 13.6. The molecule has 2 unspecified atom stereocenters. The summed E-state index contributed by atoms with van der Waals surface area (Å²) in [5, 5.41) is 9.19. The van der Waals surface area contributed by atoms with E-state index in [1.54, 1.807) is 0 Å². The van der Waals surface area contributed by atoms with Crippen molar-refractivity contribution >= 4 is 5.96 Å². The molecular weight excluding hydrogens is 232 g/mol. The van der Waals surface area contributed by atoms with E-state index in [1.165, 1.54) is 12.8 Å². The van der Waals surface area contributed by atoms with E-state index in [1.807, 2.05) is 0 Å². The number of aliphatic hydroxyl groups excluding tert-OH is 1. The highest BCUT2D eigenvalue weighted by atomic mass is 16.5. The maximum Gasteiger partial charge on any atom is 0.209 e. The van der Waals surface area contributed by atoms with Gasteiger partial charge in [0.05, 0.1) is 31.4 Å². The molecule has 1 aliphatic heterocycles. The van der Waals surface area contributed by atoms with Crippen LogP contribution in [0.4, 0.5) is 0 Å². The Balaban J connectivity index is 2.04. The summed E-state index contributed by atoms with van der Waals surface area (Å²) in [6.07, 6.45) is 4.65. The van der Waals surface area contributed by atoms with Crippen LogP contribution in [-0.2, 0) is 4.74 Å². The van der Waals surface area contributed by atoms with Gasteiger partial charge < -0.3 is 14.7 Å². The third-order valence-corrected chi connectivity index (χ3v) is 3.74. The molecule has 2 atom stereocenters. The minimum Gasteiger partial charge on any atom is -0.394 e. The predicted molar refractivity (Wildman–Crippen MR) is 70.0 cm³/mol. The standard InChI is InChI=1S/C12H24N4O2/c1-9-8-18-11(7-17)6-16(9)12(15-13)14-10-4-2-3-5-10/h9-11,17H,2-8,13H2,1H3,(H,14,15). The van der Waals surface area contributed by atoms with Gasteiger partial charge in [-0.05, 0) is 19.8 Å². The Kier molecular flexibility index (Phi) is 4.79. The Labute approximate surface area is 108 Å². The average Bonchev–Trinajstić information content (AvgIpc) is 2.90. The second-order valence-corrected chi connectivity index (χ2v) is 5.17. The highest BCUT2D eigenvalue weighted by Gasteiger charge is 2.28. The lowest BCUT2D eigenvalue weighted by molar-refractivity contribution is -0.0570. The molecule has 0 amide bonds. The lowest BCUT2D eigenvalue weighted by Crippen LogP contribution is -2.57. The zero-order valence-electron chi connectivity index (χ0n) is 11.0. The van der Waals surface area contributed by atoms with E-state index in [2.05, 4.69) is 17.2 Å². The summed E-state index contributed by atoms with van der Waals surface area (Å²) >= 11 is 0. The van der Waals surface area contributed by atoms with E-state index in [0.717, 1.165) is 18.8 Å². The Morgan fingerprint density at radius 1 is 1.50 bits per heavy atom. The summed E-state index contributed by atoms with van der Waals surface area (Å²) in [5.41, 5.74) is 2.71. The van der Waals surface area contributed by atoms with Crippen molar-refractivity contribution in [1.29, 1.82) is 0 Å². The van der Waals surface area contributed by atoms with Gasteiger partial charge in [0.15, 0.2) is 0 Å². The van der Waals surface area contributed by atoms with Crippen LogP contribution in [0.3, 0.4) is 0 Å². The first-order valence-electron chi connectivity index (χ1n) is 6.78. The molecule has 1 heterocycles. The lowest BCUT2D eigenvalue weighted by Gasteiger charge is -2.39. The number of hydrazine groups is 1. The molecule has 4 N–H and O–H groups in total. The second-order valence-electron chi connectivity index (χ2n) is 5.17.